The highest BCUT2D eigenvalue weighted by molar-refractivity contribution is 6.31. The van der Waals surface area contributed by atoms with Crippen molar-refractivity contribution < 1.29 is 18.3 Å². The molecule has 90 valence electrons. The van der Waals surface area contributed by atoms with Crippen LogP contribution in [0.5, 0.6) is 0 Å². The van der Waals surface area contributed by atoms with Gasteiger partial charge in [0.25, 0.3) is 5.92 Å². The number of hydrogen-bond donors (Lipinski definition) is 3. The number of aliphatic hydroxyl groups excluding tert-OH is 1. The average molecular weight is 255 g/mol. The molecule has 1 aromatic rings. The van der Waals surface area contributed by atoms with E-state index in [2.05, 4.69) is 5.32 Å². The van der Waals surface area contributed by atoms with Gasteiger partial charge >= 0.3 is 0 Å². The van der Waals surface area contributed by atoms with E-state index < -0.39 is 24.9 Å². The third kappa shape index (κ3) is 3.18. The van der Waals surface area contributed by atoms with Gasteiger partial charge in [-0.2, -0.15) is 0 Å². The minimum absolute atomic E-state index is 0.00928. The Bertz CT molecular complexity index is 387. The van der Waals surface area contributed by atoms with Crippen molar-refractivity contribution in [3.8, 4) is 0 Å². The van der Waals surface area contributed by atoms with Crippen LogP contribution in [0.3, 0.4) is 0 Å². The fourth-order valence-electron chi connectivity index (χ4n) is 0.996. The largest absolute Gasteiger partial charge is 0.397 e. The number of rotatable bonds is 4. The Morgan fingerprint density at radius 1 is 1.44 bits per heavy atom. The number of halogens is 4. The van der Waals surface area contributed by atoms with Crippen LogP contribution in [0, 0.1) is 5.82 Å². The second-order valence-electron chi connectivity index (χ2n) is 3.22. The molecule has 0 aliphatic heterocycles. The Kier molecular flexibility index (Phi) is 3.88. The first-order valence-corrected chi connectivity index (χ1v) is 4.70. The maximum absolute atomic E-state index is 13.0. The summed E-state index contributed by atoms with van der Waals surface area (Å²) in [4.78, 5) is 0. The van der Waals surface area contributed by atoms with Gasteiger partial charge in [-0.15, -0.1) is 0 Å². The number of nitrogen functional groups attached to an aromatic ring is 1. The van der Waals surface area contributed by atoms with Crippen molar-refractivity contribution in [1.29, 1.82) is 0 Å². The number of nitrogens with one attached hydrogen (secondary N) is 1. The van der Waals surface area contributed by atoms with Crippen molar-refractivity contribution in [1.82, 2.24) is 0 Å². The Morgan fingerprint density at radius 2 is 2.06 bits per heavy atom. The summed E-state index contributed by atoms with van der Waals surface area (Å²) in [6.07, 6.45) is 0. The maximum Gasteiger partial charge on any atom is 0.287 e. The first-order chi connectivity index (χ1) is 7.35. The summed E-state index contributed by atoms with van der Waals surface area (Å²) in [6, 6.07) is 2.04. The number of hydrogen-bond acceptors (Lipinski definition) is 3. The molecule has 0 saturated heterocycles. The molecule has 0 amide bonds. The highest BCUT2D eigenvalue weighted by Crippen LogP contribution is 2.26. The van der Waals surface area contributed by atoms with E-state index in [1.165, 1.54) is 0 Å². The van der Waals surface area contributed by atoms with E-state index in [4.69, 9.17) is 22.4 Å². The van der Waals surface area contributed by atoms with Crippen LogP contribution < -0.4 is 11.1 Å². The molecule has 0 saturated carbocycles. The Balaban J connectivity index is 2.79. The predicted octanol–water partition coefficient (Wildman–Crippen LogP) is 2.10. The first-order valence-electron chi connectivity index (χ1n) is 4.33. The van der Waals surface area contributed by atoms with Crippen LogP contribution in [-0.4, -0.2) is 24.2 Å². The van der Waals surface area contributed by atoms with Gasteiger partial charge in [-0.25, -0.2) is 13.2 Å². The van der Waals surface area contributed by atoms with Crippen molar-refractivity contribution in [3.05, 3.63) is 23.0 Å². The van der Waals surface area contributed by atoms with E-state index in [0.717, 1.165) is 12.1 Å². The molecule has 0 aliphatic rings. The van der Waals surface area contributed by atoms with E-state index in [1.54, 1.807) is 0 Å². The van der Waals surface area contributed by atoms with Gasteiger partial charge in [0.2, 0.25) is 0 Å². The molecule has 1 aromatic carbocycles. The lowest BCUT2D eigenvalue weighted by molar-refractivity contribution is -0.0372. The van der Waals surface area contributed by atoms with E-state index in [1.807, 2.05) is 0 Å². The molecule has 16 heavy (non-hydrogen) atoms. The Labute approximate surface area is 95.0 Å². The normalized spacial score (nSPS) is 11.6. The Hall–Kier alpha value is -1.14. The smallest absolute Gasteiger partial charge is 0.287 e. The first kappa shape index (κ1) is 12.9. The number of nitrogens with two attached hydrogens (primary N) is 1. The summed E-state index contributed by atoms with van der Waals surface area (Å²) in [5.74, 6) is -4.05. The van der Waals surface area contributed by atoms with Gasteiger partial charge in [0.15, 0.2) is 0 Å². The fourth-order valence-corrected chi connectivity index (χ4v) is 1.17. The molecule has 0 unspecified atom stereocenters. The van der Waals surface area contributed by atoms with Crippen LogP contribution >= 0.6 is 11.6 Å². The topological polar surface area (TPSA) is 58.3 Å². The molecule has 0 bridgehead atoms. The zero-order chi connectivity index (χ0) is 12.3. The van der Waals surface area contributed by atoms with E-state index in [0.29, 0.717) is 0 Å². The van der Waals surface area contributed by atoms with Gasteiger partial charge in [-0.3, -0.25) is 0 Å². The average Bonchev–Trinajstić information content (AvgIpc) is 2.22. The molecular formula is C9H10ClF3N2O. The summed E-state index contributed by atoms with van der Waals surface area (Å²) < 4.78 is 38.4. The molecule has 0 spiro atoms. The SMILES string of the molecule is Nc1cc(Cl)c(F)cc1NCC(F)(F)CO. The summed E-state index contributed by atoms with van der Waals surface area (Å²) in [6.45, 7) is -2.13. The van der Waals surface area contributed by atoms with Crippen molar-refractivity contribution in [2.24, 2.45) is 0 Å². The monoisotopic (exact) mass is 254 g/mol. The van der Waals surface area contributed by atoms with Gasteiger partial charge in [-0.1, -0.05) is 11.6 Å². The van der Waals surface area contributed by atoms with Crippen molar-refractivity contribution >= 4 is 23.0 Å². The van der Waals surface area contributed by atoms with Crippen molar-refractivity contribution in [3.63, 3.8) is 0 Å². The zero-order valence-corrected chi connectivity index (χ0v) is 8.86. The van der Waals surface area contributed by atoms with Crippen LogP contribution in [0.2, 0.25) is 5.02 Å². The summed E-state index contributed by atoms with van der Waals surface area (Å²) in [5.41, 5.74) is 5.51. The second kappa shape index (κ2) is 4.80. The van der Waals surface area contributed by atoms with E-state index in [9.17, 15) is 13.2 Å². The molecule has 0 aromatic heterocycles. The van der Waals surface area contributed by atoms with Gasteiger partial charge in [0.05, 0.1) is 22.9 Å². The molecule has 0 fully saturated rings. The third-order valence-corrected chi connectivity index (χ3v) is 2.15. The Morgan fingerprint density at radius 3 is 2.62 bits per heavy atom. The summed E-state index contributed by atoms with van der Waals surface area (Å²) >= 11 is 5.43. The van der Waals surface area contributed by atoms with Crippen LogP contribution in [0.4, 0.5) is 24.5 Å². The van der Waals surface area contributed by atoms with Gasteiger partial charge in [0, 0.05) is 6.07 Å². The molecule has 0 aliphatic carbocycles. The quantitative estimate of drug-likeness (QED) is 0.721. The minimum atomic E-state index is -3.29. The maximum atomic E-state index is 13.0. The van der Waals surface area contributed by atoms with E-state index in [-0.39, 0.29) is 16.4 Å². The molecule has 7 heteroatoms. The van der Waals surface area contributed by atoms with Crippen LogP contribution in [-0.2, 0) is 0 Å². The van der Waals surface area contributed by atoms with Crippen LogP contribution in [0.25, 0.3) is 0 Å². The lowest BCUT2D eigenvalue weighted by Crippen LogP contribution is -2.31. The van der Waals surface area contributed by atoms with Gasteiger partial charge < -0.3 is 16.2 Å². The third-order valence-electron chi connectivity index (χ3n) is 1.86. The molecule has 3 nitrogen and oxygen atoms in total. The highest BCUT2D eigenvalue weighted by atomic mass is 35.5. The van der Waals surface area contributed by atoms with Crippen LogP contribution in [0.1, 0.15) is 0 Å². The van der Waals surface area contributed by atoms with Crippen LogP contribution in [0.15, 0.2) is 12.1 Å². The highest BCUT2D eigenvalue weighted by Gasteiger charge is 2.27. The number of alkyl halides is 2. The molecule has 0 radical (unpaired) electrons. The lowest BCUT2D eigenvalue weighted by Gasteiger charge is -2.16. The fraction of sp³-hybridized carbons (Fsp3) is 0.333. The number of aliphatic hydroxyl groups is 1. The molecule has 0 heterocycles. The number of anilines is 2. The molecule has 1 rings (SSSR count). The van der Waals surface area contributed by atoms with Crippen molar-refractivity contribution in [2.45, 2.75) is 5.92 Å². The minimum Gasteiger partial charge on any atom is -0.397 e. The summed E-state index contributed by atoms with van der Waals surface area (Å²) in [7, 11) is 0. The van der Waals surface area contributed by atoms with Crippen molar-refractivity contribution in [2.75, 3.05) is 24.2 Å². The number of benzene rings is 1. The lowest BCUT2D eigenvalue weighted by atomic mass is 10.2. The van der Waals surface area contributed by atoms with E-state index >= 15 is 0 Å². The van der Waals surface area contributed by atoms with Gasteiger partial charge in [0.1, 0.15) is 12.4 Å². The molecular weight excluding hydrogens is 245 g/mol. The summed E-state index contributed by atoms with van der Waals surface area (Å²) in [5, 5.41) is 10.4. The van der Waals surface area contributed by atoms with Gasteiger partial charge in [-0.05, 0) is 6.07 Å². The molecule has 0 atom stereocenters. The zero-order valence-electron chi connectivity index (χ0n) is 8.11. The standard InChI is InChI=1S/C9H10ClF3N2O/c10-5-1-7(14)8(2-6(5)11)15-3-9(12,13)4-16/h1-2,15-16H,3-4,14H2. The second-order valence-corrected chi connectivity index (χ2v) is 3.63. The molecule has 4 N–H and O–H groups in total. The predicted molar refractivity (Wildman–Crippen MR) is 56.3 cm³/mol.